The number of nitrogens with zero attached hydrogens (tertiary/aromatic N) is 1. The molecule has 0 aliphatic carbocycles. The van der Waals surface area contributed by atoms with Crippen LogP contribution in [0.5, 0.6) is 0 Å². The molecule has 1 N–H and O–H groups in total. The molecule has 1 rings (SSSR count). The largest absolute Gasteiger partial charge is 0.403 e. The van der Waals surface area contributed by atoms with Crippen LogP contribution >= 0.6 is 0 Å². The summed E-state index contributed by atoms with van der Waals surface area (Å²) < 4.78 is 59.6. The average molecular weight is 334 g/mol. The molecule has 0 aliphatic rings. The van der Waals surface area contributed by atoms with E-state index in [4.69, 9.17) is 5.26 Å². The molecule has 0 aliphatic heterocycles. The number of carbonyl (C=O) groups is 1. The van der Waals surface area contributed by atoms with Crippen molar-refractivity contribution in [2.24, 2.45) is 5.92 Å². The predicted molar refractivity (Wildman–Crippen MR) is 71.7 cm³/mol. The summed E-state index contributed by atoms with van der Waals surface area (Å²) >= 11 is 0. The van der Waals surface area contributed by atoms with Gasteiger partial charge in [-0.2, -0.15) is 18.4 Å². The van der Waals surface area contributed by atoms with E-state index < -0.39 is 38.5 Å². The number of rotatable bonds is 5. The summed E-state index contributed by atoms with van der Waals surface area (Å²) in [6.07, 6.45) is -4.83. The zero-order valence-corrected chi connectivity index (χ0v) is 12.3. The number of nitrogens with one attached hydrogen (secondary N) is 1. The lowest BCUT2D eigenvalue weighted by molar-refractivity contribution is -0.106. The number of nitriles is 1. The van der Waals surface area contributed by atoms with Gasteiger partial charge in [0, 0.05) is 12.1 Å². The third-order valence-corrected chi connectivity index (χ3v) is 4.32. The topological polar surface area (TPSA) is 87.0 Å². The van der Waals surface area contributed by atoms with Gasteiger partial charge >= 0.3 is 6.18 Å². The fourth-order valence-corrected chi connectivity index (χ4v) is 2.65. The van der Waals surface area contributed by atoms with Gasteiger partial charge < -0.3 is 5.32 Å². The van der Waals surface area contributed by atoms with Crippen LogP contribution in [0.2, 0.25) is 0 Å². The maximum absolute atomic E-state index is 12.2. The Balaban J connectivity index is 2.83. The molecule has 0 unspecified atom stereocenters. The highest BCUT2D eigenvalue weighted by Crippen LogP contribution is 2.22. The molecule has 1 amide bonds. The number of benzene rings is 1. The molecule has 1 aromatic carbocycles. The fraction of sp³-hybridized carbons (Fsp3) is 0.385. The second-order valence-corrected chi connectivity index (χ2v) is 6.63. The molecule has 0 radical (unpaired) electrons. The maximum atomic E-state index is 12.2. The minimum absolute atomic E-state index is 0.0936. The average Bonchev–Trinajstić information content (AvgIpc) is 2.42. The zero-order chi connectivity index (χ0) is 17.0. The molecule has 0 saturated heterocycles. The SMILES string of the molecule is C[C@H](C#N)CNC(=O)c1ccc(S(=O)(=O)CC(F)(F)F)cc1. The molecule has 0 spiro atoms. The second-order valence-electron chi connectivity index (χ2n) is 4.64. The summed E-state index contributed by atoms with van der Waals surface area (Å²) in [6.45, 7) is 1.72. The first-order chi connectivity index (χ1) is 10.0. The van der Waals surface area contributed by atoms with Crippen LogP contribution in [0.4, 0.5) is 13.2 Å². The number of halogens is 3. The fourth-order valence-electron chi connectivity index (χ4n) is 1.51. The molecule has 0 heterocycles. The minimum atomic E-state index is -4.83. The van der Waals surface area contributed by atoms with Gasteiger partial charge in [-0.1, -0.05) is 0 Å². The highest BCUT2D eigenvalue weighted by atomic mass is 32.2. The number of alkyl halides is 3. The van der Waals surface area contributed by atoms with E-state index in [0.29, 0.717) is 0 Å². The van der Waals surface area contributed by atoms with E-state index in [1.54, 1.807) is 6.92 Å². The van der Waals surface area contributed by atoms with Crippen LogP contribution in [0.3, 0.4) is 0 Å². The third kappa shape index (κ3) is 5.37. The van der Waals surface area contributed by atoms with Crippen LogP contribution in [0, 0.1) is 17.2 Å². The molecular weight excluding hydrogens is 321 g/mol. The minimum Gasteiger partial charge on any atom is -0.351 e. The highest BCUT2D eigenvalue weighted by Gasteiger charge is 2.35. The van der Waals surface area contributed by atoms with Gasteiger partial charge in [-0.3, -0.25) is 4.79 Å². The number of sulfone groups is 1. The van der Waals surface area contributed by atoms with Gasteiger partial charge in [0.05, 0.1) is 16.9 Å². The lowest BCUT2D eigenvalue weighted by Crippen LogP contribution is -2.27. The number of hydrogen-bond donors (Lipinski definition) is 1. The molecule has 5 nitrogen and oxygen atoms in total. The Morgan fingerprint density at radius 2 is 1.86 bits per heavy atom. The van der Waals surface area contributed by atoms with Crippen molar-refractivity contribution in [2.45, 2.75) is 18.0 Å². The first-order valence-electron chi connectivity index (χ1n) is 6.12. The smallest absolute Gasteiger partial charge is 0.351 e. The Kier molecular flexibility index (Phi) is 5.54. The summed E-state index contributed by atoms with van der Waals surface area (Å²) in [5.41, 5.74) is 0.0936. The van der Waals surface area contributed by atoms with E-state index in [1.807, 2.05) is 6.07 Å². The van der Waals surface area contributed by atoms with E-state index in [-0.39, 0.29) is 12.1 Å². The molecule has 1 atom stereocenters. The van der Waals surface area contributed by atoms with Gasteiger partial charge in [-0.05, 0) is 31.2 Å². The van der Waals surface area contributed by atoms with E-state index in [0.717, 1.165) is 24.3 Å². The molecule has 9 heteroatoms. The molecule has 1 aromatic rings. The Labute approximate surface area is 125 Å². The Morgan fingerprint density at radius 3 is 2.32 bits per heavy atom. The van der Waals surface area contributed by atoms with Crippen molar-refractivity contribution < 1.29 is 26.4 Å². The van der Waals surface area contributed by atoms with Crippen molar-refractivity contribution in [1.29, 1.82) is 5.26 Å². The molecule has 22 heavy (non-hydrogen) atoms. The number of carbonyl (C=O) groups excluding carboxylic acids is 1. The molecule has 120 valence electrons. The Morgan fingerprint density at radius 1 is 1.32 bits per heavy atom. The summed E-state index contributed by atoms with van der Waals surface area (Å²) in [7, 11) is -4.49. The van der Waals surface area contributed by atoms with Crippen molar-refractivity contribution in [1.82, 2.24) is 5.32 Å². The lowest BCUT2D eigenvalue weighted by atomic mass is 10.2. The van der Waals surface area contributed by atoms with Gasteiger partial charge in [-0.25, -0.2) is 8.42 Å². The first-order valence-corrected chi connectivity index (χ1v) is 7.78. The van der Waals surface area contributed by atoms with Crippen molar-refractivity contribution >= 4 is 15.7 Å². The Hall–Kier alpha value is -2.08. The highest BCUT2D eigenvalue weighted by molar-refractivity contribution is 7.91. The van der Waals surface area contributed by atoms with Crippen molar-refractivity contribution in [3.05, 3.63) is 29.8 Å². The summed E-state index contributed by atoms with van der Waals surface area (Å²) in [4.78, 5) is 11.2. The van der Waals surface area contributed by atoms with Crippen LogP contribution in [-0.4, -0.2) is 32.8 Å². The van der Waals surface area contributed by atoms with Gasteiger partial charge in [0.2, 0.25) is 0 Å². The third-order valence-electron chi connectivity index (χ3n) is 2.62. The van der Waals surface area contributed by atoms with Crippen molar-refractivity contribution in [3.63, 3.8) is 0 Å². The standard InChI is InChI=1S/C13H13F3N2O3S/c1-9(6-17)7-18-12(19)10-2-4-11(5-3-10)22(20,21)8-13(14,15)16/h2-5,9H,7-8H2,1H3,(H,18,19)/t9-/m1/s1. The van der Waals surface area contributed by atoms with Crippen LogP contribution in [-0.2, 0) is 9.84 Å². The van der Waals surface area contributed by atoms with E-state index in [2.05, 4.69) is 5.32 Å². The van der Waals surface area contributed by atoms with Gasteiger partial charge in [0.25, 0.3) is 5.91 Å². The zero-order valence-electron chi connectivity index (χ0n) is 11.5. The van der Waals surface area contributed by atoms with Crippen molar-refractivity contribution in [3.8, 4) is 6.07 Å². The molecule has 0 bridgehead atoms. The van der Waals surface area contributed by atoms with Crippen LogP contribution in [0.25, 0.3) is 0 Å². The number of hydrogen-bond acceptors (Lipinski definition) is 4. The summed E-state index contributed by atoms with van der Waals surface area (Å²) in [6, 6.07) is 6.06. The van der Waals surface area contributed by atoms with Gasteiger partial charge in [0.15, 0.2) is 15.6 Å². The first kappa shape index (κ1) is 18.0. The van der Waals surface area contributed by atoms with E-state index in [1.165, 1.54) is 0 Å². The monoisotopic (exact) mass is 334 g/mol. The summed E-state index contributed by atoms with van der Waals surface area (Å²) in [5.74, 6) is -2.89. The Bertz CT molecular complexity index is 676. The maximum Gasteiger partial charge on any atom is 0.403 e. The molecule has 0 fully saturated rings. The van der Waals surface area contributed by atoms with E-state index in [9.17, 15) is 26.4 Å². The van der Waals surface area contributed by atoms with Crippen LogP contribution in [0.15, 0.2) is 29.2 Å². The van der Waals surface area contributed by atoms with Crippen molar-refractivity contribution in [2.75, 3.05) is 12.3 Å². The van der Waals surface area contributed by atoms with Crippen LogP contribution in [0.1, 0.15) is 17.3 Å². The predicted octanol–water partition coefficient (Wildman–Crippen LogP) is 1.91. The number of amides is 1. The summed E-state index contributed by atoms with van der Waals surface area (Å²) in [5, 5.41) is 11.0. The second kappa shape index (κ2) is 6.79. The molecule has 0 aromatic heterocycles. The molecule has 0 saturated carbocycles. The molecular formula is C13H13F3N2O3S. The van der Waals surface area contributed by atoms with Crippen LogP contribution < -0.4 is 5.32 Å². The van der Waals surface area contributed by atoms with E-state index >= 15 is 0 Å². The van der Waals surface area contributed by atoms with Gasteiger partial charge in [-0.15, -0.1) is 0 Å². The lowest BCUT2D eigenvalue weighted by Gasteiger charge is -2.09. The van der Waals surface area contributed by atoms with Gasteiger partial charge in [0.1, 0.15) is 0 Å². The quantitative estimate of drug-likeness (QED) is 0.891. The normalized spacial score (nSPS) is 13.2.